The molecule has 0 aliphatic carbocycles. The zero-order valence-corrected chi connectivity index (χ0v) is 15.0. The highest BCUT2D eigenvalue weighted by Crippen LogP contribution is 2.37. The molecule has 8 heteroatoms. The molecule has 0 saturated heterocycles. The Balaban J connectivity index is 1.91. The van der Waals surface area contributed by atoms with E-state index in [1.807, 2.05) is 30.9 Å². The largest absolute Gasteiger partial charge is 0.316 e. The Morgan fingerprint density at radius 1 is 1.04 bits per heavy atom. The topological polar surface area (TPSA) is 67.7 Å². The predicted octanol–water partition coefficient (Wildman–Crippen LogP) is 4.22. The quantitative estimate of drug-likeness (QED) is 0.539. The Labute approximate surface area is 153 Å². The summed E-state index contributed by atoms with van der Waals surface area (Å²) in [7, 11) is 0. The van der Waals surface area contributed by atoms with Crippen LogP contribution in [0.15, 0.2) is 48.9 Å². The van der Waals surface area contributed by atoms with Crippen molar-refractivity contribution in [3.8, 4) is 0 Å². The van der Waals surface area contributed by atoms with Crippen LogP contribution in [0.2, 0.25) is 0 Å². The lowest BCUT2D eigenvalue weighted by atomic mass is 10.2. The Morgan fingerprint density at radius 2 is 1.85 bits per heavy atom. The van der Waals surface area contributed by atoms with Crippen molar-refractivity contribution in [3.05, 3.63) is 64.8 Å². The summed E-state index contributed by atoms with van der Waals surface area (Å²) in [4.78, 5) is 15.0. The summed E-state index contributed by atoms with van der Waals surface area (Å²) in [6.07, 6.45) is 3.18. The van der Waals surface area contributed by atoms with Gasteiger partial charge in [0.2, 0.25) is 0 Å². The van der Waals surface area contributed by atoms with Gasteiger partial charge in [0.1, 0.15) is 28.0 Å². The molecule has 0 fully saturated rings. The van der Waals surface area contributed by atoms with Crippen LogP contribution in [-0.4, -0.2) is 25.1 Å². The van der Waals surface area contributed by atoms with E-state index < -0.39 is 0 Å². The Hall–Kier alpha value is -3.00. The van der Waals surface area contributed by atoms with Gasteiger partial charge in [-0.25, -0.2) is 19.3 Å². The van der Waals surface area contributed by atoms with Crippen LogP contribution >= 0.6 is 11.3 Å². The SMILES string of the molecule is Cc1nnc(C(C)N(c2ccc(F)cc2)c2ncnc3ncccc23)s1. The molecule has 1 atom stereocenters. The zero-order chi connectivity index (χ0) is 18.1. The van der Waals surface area contributed by atoms with Crippen LogP contribution in [0.3, 0.4) is 0 Å². The highest BCUT2D eigenvalue weighted by atomic mass is 32.1. The third-order valence-electron chi connectivity index (χ3n) is 4.01. The van der Waals surface area contributed by atoms with Gasteiger partial charge in [-0.1, -0.05) is 11.3 Å². The van der Waals surface area contributed by atoms with Gasteiger partial charge in [0.15, 0.2) is 5.65 Å². The first-order chi connectivity index (χ1) is 12.6. The number of benzene rings is 1. The molecule has 1 aromatic carbocycles. The molecule has 4 rings (SSSR count). The van der Waals surface area contributed by atoms with E-state index >= 15 is 0 Å². The molecular formula is C18H15FN6S. The first-order valence-corrected chi connectivity index (χ1v) is 8.85. The molecule has 4 aromatic rings. The lowest BCUT2D eigenvalue weighted by Gasteiger charge is -2.29. The van der Waals surface area contributed by atoms with Crippen LogP contribution in [-0.2, 0) is 0 Å². The van der Waals surface area contributed by atoms with Crippen molar-refractivity contribution < 1.29 is 4.39 Å². The molecule has 130 valence electrons. The number of halogens is 1. The maximum atomic E-state index is 13.5. The summed E-state index contributed by atoms with van der Waals surface area (Å²) in [5.41, 5.74) is 1.40. The maximum Gasteiger partial charge on any atom is 0.164 e. The highest BCUT2D eigenvalue weighted by molar-refractivity contribution is 7.11. The second-order valence-corrected chi connectivity index (χ2v) is 6.97. The molecule has 0 aliphatic heterocycles. The minimum absolute atomic E-state index is 0.148. The maximum absolute atomic E-state index is 13.5. The van der Waals surface area contributed by atoms with E-state index in [0.717, 1.165) is 21.1 Å². The summed E-state index contributed by atoms with van der Waals surface area (Å²) in [5.74, 6) is 0.400. The van der Waals surface area contributed by atoms with Gasteiger partial charge in [-0.05, 0) is 50.2 Å². The number of hydrogen-bond acceptors (Lipinski definition) is 7. The fourth-order valence-electron chi connectivity index (χ4n) is 2.80. The van der Waals surface area contributed by atoms with Crippen LogP contribution in [0.25, 0.3) is 11.0 Å². The van der Waals surface area contributed by atoms with Crippen molar-refractivity contribution in [2.75, 3.05) is 4.90 Å². The molecule has 6 nitrogen and oxygen atoms in total. The van der Waals surface area contributed by atoms with Crippen molar-refractivity contribution in [3.63, 3.8) is 0 Å². The minimum Gasteiger partial charge on any atom is -0.316 e. The molecule has 1 unspecified atom stereocenters. The summed E-state index contributed by atoms with van der Waals surface area (Å²) in [6.45, 7) is 3.94. The highest BCUT2D eigenvalue weighted by Gasteiger charge is 2.24. The van der Waals surface area contributed by atoms with Gasteiger partial charge in [-0.3, -0.25) is 0 Å². The normalized spacial score (nSPS) is 12.3. The fraction of sp³-hybridized carbons (Fsp3) is 0.167. The van der Waals surface area contributed by atoms with Gasteiger partial charge in [-0.2, -0.15) is 0 Å². The Kier molecular flexibility index (Phi) is 4.26. The summed E-state index contributed by atoms with van der Waals surface area (Å²) in [5, 5.41) is 11.0. The Bertz CT molecular complexity index is 1040. The van der Waals surface area contributed by atoms with E-state index in [1.54, 1.807) is 18.3 Å². The molecule has 0 radical (unpaired) electrons. The standard InChI is InChI=1S/C18H15FN6S/c1-11(18-24-23-12(2)26-18)25(14-7-5-13(19)6-8-14)17-15-4-3-9-20-16(15)21-10-22-17/h3-11H,1-2H3. The van der Waals surface area contributed by atoms with Crippen LogP contribution in [0.1, 0.15) is 23.0 Å². The van der Waals surface area contributed by atoms with Gasteiger partial charge >= 0.3 is 0 Å². The third-order valence-corrected chi connectivity index (χ3v) is 5.02. The number of pyridine rings is 1. The van der Waals surface area contributed by atoms with Crippen LogP contribution in [0.4, 0.5) is 15.9 Å². The molecule has 26 heavy (non-hydrogen) atoms. The molecule has 0 N–H and O–H groups in total. The number of rotatable bonds is 4. The molecule has 0 spiro atoms. The Morgan fingerprint density at radius 3 is 2.58 bits per heavy atom. The van der Waals surface area contributed by atoms with E-state index in [0.29, 0.717) is 11.5 Å². The molecule has 0 amide bonds. The fourth-order valence-corrected chi connectivity index (χ4v) is 3.54. The number of aromatic nitrogens is 5. The summed E-state index contributed by atoms with van der Waals surface area (Å²) in [6, 6.07) is 9.94. The molecule has 3 aromatic heterocycles. The lowest BCUT2D eigenvalue weighted by molar-refractivity contribution is 0.627. The van der Waals surface area contributed by atoms with E-state index in [4.69, 9.17) is 0 Å². The zero-order valence-electron chi connectivity index (χ0n) is 14.2. The van der Waals surface area contributed by atoms with E-state index in [1.165, 1.54) is 29.8 Å². The van der Waals surface area contributed by atoms with Crippen LogP contribution in [0, 0.1) is 12.7 Å². The molecule has 0 bridgehead atoms. The van der Waals surface area contributed by atoms with Gasteiger partial charge in [0.05, 0.1) is 11.4 Å². The van der Waals surface area contributed by atoms with E-state index in [2.05, 4.69) is 25.1 Å². The average molecular weight is 366 g/mol. The second kappa shape index (κ2) is 6.72. The summed E-state index contributed by atoms with van der Waals surface area (Å²) < 4.78 is 13.5. The molecule has 0 saturated carbocycles. The van der Waals surface area contributed by atoms with Crippen molar-refractivity contribution in [2.45, 2.75) is 19.9 Å². The predicted molar refractivity (Wildman–Crippen MR) is 98.9 cm³/mol. The van der Waals surface area contributed by atoms with Crippen molar-refractivity contribution in [1.82, 2.24) is 25.1 Å². The third kappa shape index (κ3) is 2.99. The smallest absolute Gasteiger partial charge is 0.164 e. The first kappa shape index (κ1) is 16.5. The first-order valence-electron chi connectivity index (χ1n) is 8.04. The van der Waals surface area contributed by atoms with Crippen LogP contribution in [0.5, 0.6) is 0 Å². The number of anilines is 2. The van der Waals surface area contributed by atoms with Gasteiger partial charge < -0.3 is 4.90 Å². The van der Waals surface area contributed by atoms with Gasteiger partial charge in [-0.15, -0.1) is 10.2 Å². The number of hydrogen-bond donors (Lipinski definition) is 0. The monoisotopic (exact) mass is 366 g/mol. The van der Waals surface area contributed by atoms with Crippen molar-refractivity contribution in [2.24, 2.45) is 0 Å². The van der Waals surface area contributed by atoms with E-state index in [-0.39, 0.29) is 11.9 Å². The molecular weight excluding hydrogens is 351 g/mol. The van der Waals surface area contributed by atoms with Crippen molar-refractivity contribution in [1.29, 1.82) is 0 Å². The molecule has 3 heterocycles. The summed E-state index contributed by atoms with van der Waals surface area (Å²) >= 11 is 1.53. The van der Waals surface area contributed by atoms with Gasteiger partial charge in [0, 0.05) is 11.9 Å². The molecule has 0 aliphatic rings. The average Bonchev–Trinajstić information content (AvgIpc) is 3.10. The minimum atomic E-state index is -0.290. The number of aryl methyl sites for hydroxylation is 1. The van der Waals surface area contributed by atoms with E-state index in [9.17, 15) is 4.39 Å². The number of fused-ring (bicyclic) bond motifs is 1. The van der Waals surface area contributed by atoms with Crippen molar-refractivity contribution >= 4 is 33.9 Å². The van der Waals surface area contributed by atoms with Gasteiger partial charge in [0.25, 0.3) is 0 Å². The van der Waals surface area contributed by atoms with Crippen LogP contribution < -0.4 is 4.90 Å². The second-order valence-electron chi connectivity index (χ2n) is 5.75. The number of nitrogens with zero attached hydrogens (tertiary/aromatic N) is 6. The lowest BCUT2D eigenvalue weighted by Crippen LogP contribution is -2.23.